The molecule has 0 saturated heterocycles. The molecule has 0 bridgehead atoms. The molecule has 0 fully saturated rings. The fraction of sp³-hybridized carbons (Fsp3) is 0.267. The summed E-state index contributed by atoms with van der Waals surface area (Å²) in [5.41, 5.74) is 0.569. The van der Waals surface area contributed by atoms with Gasteiger partial charge in [-0.05, 0) is 69.3 Å². The lowest BCUT2D eigenvalue weighted by atomic mass is 9.98. The van der Waals surface area contributed by atoms with Gasteiger partial charge in [-0.3, -0.25) is 9.36 Å². The van der Waals surface area contributed by atoms with Gasteiger partial charge in [0.2, 0.25) is 10.0 Å². The van der Waals surface area contributed by atoms with Crippen LogP contribution in [0.15, 0.2) is 64.4 Å². The van der Waals surface area contributed by atoms with Gasteiger partial charge in [-0.15, -0.1) is 0 Å². The molecule has 4 aromatic rings. The van der Waals surface area contributed by atoms with E-state index in [1.165, 1.54) is 49.6 Å². The van der Waals surface area contributed by atoms with E-state index in [0.29, 0.717) is 11.1 Å². The number of ether oxygens (including phenoxy) is 3. The van der Waals surface area contributed by atoms with Crippen LogP contribution in [0, 0.1) is 13.8 Å². The number of carbonyl (C=O) groups excluding carboxylic acids is 3. The maximum atomic E-state index is 14.2. The fourth-order valence-electron chi connectivity index (χ4n) is 4.62. The molecule has 0 spiro atoms. The van der Waals surface area contributed by atoms with Crippen LogP contribution in [0.3, 0.4) is 0 Å². The number of esters is 2. The summed E-state index contributed by atoms with van der Waals surface area (Å²) in [6, 6.07) is 12.1. The van der Waals surface area contributed by atoms with Crippen molar-refractivity contribution in [2.75, 3.05) is 26.8 Å². The predicted molar refractivity (Wildman–Crippen MR) is 162 cm³/mol. The van der Waals surface area contributed by atoms with E-state index in [2.05, 4.69) is 20.0 Å². The summed E-state index contributed by atoms with van der Waals surface area (Å²) >= 11 is 0. The molecule has 2 aromatic heterocycles. The molecule has 2 aromatic carbocycles. The highest BCUT2D eigenvalue weighted by atomic mass is 32.2. The maximum absolute atomic E-state index is 14.2. The van der Waals surface area contributed by atoms with Gasteiger partial charge in [0.05, 0.1) is 35.3 Å². The molecule has 4 rings (SSSR count). The number of para-hydroxylation sites is 1. The number of aromatic nitrogens is 3. The van der Waals surface area contributed by atoms with Crippen LogP contribution >= 0.6 is 0 Å². The van der Waals surface area contributed by atoms with Crippen LogP contribution in [0.2, 0.25) is 0 Å². The third-order valence-electron chi connectivity index (χ3n) is 6.63. The number of nitrogens with one attached hydrogen (secondary N) is 2. The first-order valence-electron chi connectivity index (χ1n) is 13.7. The lowest BCUT2D eigenvalue weighted by molar-refractivity contribution is 0.0494. The Balaban J connectivity index is 1.69. The van der Waals surface area contributed by atoms with E-state index in [1.807, 2.05) is 0 Å². The zero-order valence-electron chi connectivity index (χ0n) is 24.9. The fourth-order valence-corrected chi connectivity index (χ4v) is 5.53. The molecule has 0 radical (unpaired) electrons. The average molecular weight is 638 g/mol. The molecule has 2 heterocycles. The number of sulfonamides is 1. The van der Waals surface area contributed by atoms with Crippen LogP contribution in [-0.2, 0) is 30.8 Å². The highest BCUT2D eigenvalue weighted by Crippen LogP contribution is 2.26. The van der Waals surface area contributed by atoms with Crippen LogP contribution in [0.4, 0.5) is 4.79 Å². The van der Waals surface area contributed by atoms with Crippen molar-refractivity contribution in [1.82, 2.24) is 24.6 Å². The van der Waals surface area contributed by atoms with Crippen LogP contribution < -0.4 is 15.6 Å². The molecule has 15 heteroatoms. The zero-order chi connectivity index (χ0) is 32.7. The molecule has 1 amide bonds. The van der Waals surface area contributed by atoms with Gasteiger partial charge in [0, 0.05) is 6.20 Å². The number of hydrogen-bond donors (Lipinski definition) is 2. The Morgan fingerprint density at radius 3 is 2.40 bits per heavy atom. The molecule has 14 nitrogen and oxygen atoms in total. The third-order valence-corrected chi connectivity index (χ3v) is 8.09. The minimum atomic E-state index is -4.06. The topological polar surface area (TPSA) is 185 Å². The molecule has 0 atom stereocenters. The molecule has 0 saturated carbocycles. The van der Waals surface area contributed by atoms with Gasteiger partial charge in [-0.2, -0.15) is 0 Å². The van der Waals surface area contributed by atoms with E-state index < -0.39 is 40.2 Å². The van der Waals surface area contributed by atoms with E-state index >= 15 is 0 Å². The normalized spacial score (nSPS) is 11.2. The van der Waals surface area contributed by atoms with Crippen molar-refractivity contribution >= 4 is 39.0 Å². The van der Waals surface area contributed by atoms with Crippen molar-refractivity contribution < 1.29 is 37.0 Å². The maximum Gasteiger partial charge on any atom is 0.407 e. The number of pyridine rings is 1. The molecule has 0 aliphatic carbocycles. The number of fused-ring (bicyclic) bond motifs is 1. The Kier molecular flexibility index (Phi) is 10.3. The molecule has 45 heavy (non-hydrogen) atoms. The second kappa shape index (κ2) is 14.1. The highest BCUT2D eigenvalue weighted by Gasteiger charge is 2.25. The standard InChI is InChI=1S/C30H31N5O9S/c1-5-42-29(38)25-18(2)16-21-26(19(25)3)27(36)35(22-11-6-7-12-23(22)45(40,41)31-4)24(34-21)17-44-30(39)33-14-15-43-28(37)20-10-8-9-13-32-20/h6-13,16,31H,5,14-15,17H2,1-4H3,(H,33,39). The quantitative estimate of drug-likeness (QED) is 0.140. The molecule has 236 valence electrons. The molecular weight excluding hydrogens is 606 g/mol. The van der Waals surface area contributed by atoms with Crippen LogP contribution in [-0.4, -0.2) is 67.8 Å². The number of nitrogens with zero attached hydrogens (tertiary/aromatic N) is 3. The molecule has 0 aliphatic rings. The highest BCUT2D eigenvalue weighted by molar-refractivity contribution is 7.89. The smallest absolute Gasteiger partial charge is 0.407 e. The van der Waals surface area contributed by atoms with Crippen molar-refractivity contribution in [3.63, 3.8) is 0 Å². The summed E-state index contributed by atoms with van der Waals surface area (Å²) in [7, 11) is -2.83. The van der Waals surface area contributed by atoms with Crippen LogP contribution in [0.1, 0.15) is 44.7 Å². The zero-order valence-corrected chi connectivity index (χ0v) is 25.8. The molecular formula is C30H31N5O9S. The van der Waals surface area contributed by atoms with Crippen molar-refractivity contribution in [2.24, 2.45) is 0 Å². The van der Waals surface area contributed by atoms with Crippen molar-refractivity contribution in [3.05, 3.63) is 93.3 Å². The van der Waals surface area contributed by atoms with E-state index in [-0.39, 0.29) is 58.3 Å². The predicted octanol–water partition coefficient (Wildman–Crippen LogP) is 2.57. The number of aryl methyl sites for hydroxylation is 2. The Labute approximate surface area is 258 Å². The van der Waals surface area contributed by atoms with Crippen LogP contribution in [0.5, 0.6) is 0 Å². The van der Waals surface area contributed by atoms with Gasteiger partial charge in [0.15, 0.2) is 12.4 Å². The van der Waals surface area contributed by atoms with Gasteiger partial charge in [-0.25, -0.2) is 37.5 Å². The second-order valence-corrected chi connectivity index (χ2v) is 11.4. The lowest BCUT2D eigenvalue weighted by Gasteiger charge is -2.19. The molecule has 2 N–H and O–H groups in total. The summed E-state index contributed by atoms with van der Waals surface area (Å²) in [6.07, 6.45) is 0.534. The molecule has 0 aliphatic heterocycles. The van der Waals surface area contributed by atoms with Gasteiger partial charge < -0.3 is 19.5 Å². The largest absolute Gasteiger partial charge is 0.462 e. The third kappa shape index (κ3) is 7.16. The van der Waals surface area contributed by atoms with E-state index in [9.17, 15) is 27.6 Å². The number of benzene rings is 2. The Morgan fingerprint density at radius 2 is 1.71 bits per heavy atom. The van der Waals surface area contributed by atoms with Crippen molar-refractivity contribution in [2.45, 2.75) is 32.3 Å². The average Bonchev–Trinajstić information content (AvgIpc) is 3.02. The minimum Gasteiger partial charge on any atom is -0.462 e. The first kappa shape index (κ1) is 32.8. The van der Waals surface area contributed by atoms with E-state index in [1.54, 1.807) is 32.9 Å². The van der Waals surface area contributed by atoms with Gasteiger partial charge in [-0.1, -0.05) is 18.2 Å². The van der Waals surface area contributed by atoms with Gasteiger partial charge in [0.1, 0.15) is 17.2 Å². The van der Waals surface area contributed by atoms with Gasteiger partial charge in [0.25, 0.3) is 5.56 Å². The Morgan fingerprint density at radius 1 is 0.978 bits per heavy atom. The first-order valence-corrected chi connectivity index (χ1v) is 15.2. The number of alkyl carbamates (subject to hydrolysis) is 1. The number of hydrogen-bond acceptors (Lipinski definition) is 11. The van der Waals surface area contributed by atoms with Crippen LogP contribution in [0.25, 0.3) is 16.6 Å². The minimum absolute atomic E-state index is 0.0515. The Bertz CT molecular complexity index is 1930. The second-order valence-electron chi connectivity index (χ2n) is 9.51. The number of rotatable bonds is 11. The number of carbonyl (C=O) groups is 3. The van der Waals surface area contributed by atoms with Gasteiger partial charge >= 0.3 is 18.0 Å². The summed E-state index contributed by atoms with van der Waals surface area (Å²) in [6.45, 7) is 4.23. The summed E-state index contributed by atoms with van der Waals surface area (Å²) in [5, 5.41) is 2.49. The van der Waals surface area contributed by atoms with Crippen molar-refractivity contribution in [3.8, 4) is 5.69 Å². The molecule has 0 unspecified atom stereocenters. The number of amides is 1. The lowest BCUT2D eigenvalue weighted by Crippen LogP contribution is -2.31. The monoisotopic (exact) mass is 637 g/mol. The summed E-state index contributed by atoms with van der Waals surface area (Å²) in [4.78, 5) is 59.7. The summed E-state index contributed by atoms with van der Waals surface area (Å²) in [5.74, 6) is -1.37. The van der Waals surface area contributed by atoms with E-state index in [0.717, 1.165) is 4.57 Å². The van der Waals surface area contributed by atoms with E-state index in [4.69, 9.17) is 14.2 Å². The summed E-state index contributed by atoms with van der Waals surface area (Å²) < 4.78 is 44.7. The van der Waals surface area contributed by atoms with Crippen molar-refractivity contribution in [1.29, 1.82) is 0 Å². The Hall–Kier alpha value is -5.15. The SMILES string of the molecule is CCOC(=O)c1c(C)cc2nc(COC(=O)NCCOC(=O)c3ccccn3)n(-c3ccccc3S(=O)(=O)NC)c(=O)c2c1C. The first-order chi connectivity index (χ1) is 21.5.